The Morgan fingerprint density at radius 2 is 1.40 bits per heavy atom. The molecule has 16 heteroatoms. The number of morpholine rings is 1. The number of rotatable bonds is 16. The molecule has 7 heterocycles. The molecular formula is C51H69N11O5. The second-order valence-corrected chi connectivity index (χ2v) is 20.0. The summed E-state index contributed by atoms with van der Waals surface area (Å²) in [4.78, 5) is 12.0. The van der Waals surface area contributed by atoms with Gasteiger partial charge in [0.05, 0.1) is 73.8 Å². The Morgan fingerprint density at radius 1 is 0.776 bits per heavy atom. The Morgan fingerprint density at radius 3 is 2.03 bits per heavy atom. The maximum atomic E-state index is 10.3. The summed E-state index contributed by atoms with van der Waals surface area (Å²) >= 11 is 0. The van der Waals surface area contributed by atoms with E-state index >= 15 is 0 Å². The number of nitrogens with one attached hydrogen (secondary N) is 2. The van der Waals surface area contributed by atoms with Crippen LogP contribution in [0.1, 0.15) is 121 Å². The van der Waals surface area contributed by atoms with E-state index in [0.29, 0.717) is 24.4 Å². The van der Waals surface area contributed by atoms with Crippen molar-refractivity contribution in [3.8, 4) is 22.3 Å². The molecule has 16 nitrogen and oxygen atoms in total. The molecule has 4 fully saturated rings. The van der Waals surface area contributed by atoms with Crippen molar-refractivity contribution in [3.05, 3.63) is 78.1 Å². The number of hydrogen-bond donors (Lipinski definition) is 3. The molecule has 0 amide bonds. The van der Waals surface area contributed by atoms with Crippen molar-refractivity contribution in [1.82, 2.24) is 43.9 Å². The van der Waals surface area contributed by atoms with Gasteiger partial charge in [-0.05, 0) is 115 Å². The molecule has 0 bridgehead atoms. The molecular weight excluding hydrogens is 847 g/mol. The van der Waals surface area contributed by atoms with Gasteiger partial charge in [0.1, 0.15) is 0 Å². The first-order chi connectivity index (χ1) is 32.6. The van der Waals surface area contributed by atoms with E-state index in [-0.39, 0.29) is 36.3 Å². The number of aliphatic hydroxyl groups is 1. The summed E-state index contributed by atoms with van der Waals surface area (Å²) < 4.78 is 30.0. The van der Waals surface area contributed by atoms with Gasteiger partial charge >= 0.3 is 0 Å². The van der Waals surface area contributed by atoms with Crippen LogP contribution in [0, 0.1) is 0 Å². The first-order valence-corrected chi connectivity index (χ1v) is 24.8. The lowest BCUT2D eigenvalue weighted by Crippen LogP contribution is -2.36. The molecule has 2 saturated carbocycles. The summed E-state index contributed by atoms with van der Waals surface area (Å²) in [6.07, 6.45) is 17.2. The molecule has 0 radical (unpaired) electrons. The van der Waals surface area contributed by atoms with Gasteiger partial charge in [-0.1, -0.05) is 24.3 Å². The number of nitrogens with zero attached hydrogens (tertiary/aromatic N) is 9. The van der Waals surface area contributed by atoms with Crippen molar-refractivity contribution in [1.29, 1.82) is 0 Å². The highest BCUT2D eigenvalue weighted by Gasteiger charge is 2.33. The standard InChI is InChI=1S/C51H69N11O5/c1-33(32-64-5)55-49-52-29-47-43(26-45(62(47)57-49)37-12-16-40(63)17-13-37)39-27-54-60(31-39)51(3,4)67-41-18-14-38(15-19-41)44-25-42(36-10-8-35(9-11-36)30-59-20-23-65-24-21-59)46-28-53-50(58-61(44)46)56-34(2)48-7-6-22-66-48/h8-11,25-29,31,33-34,37-38,40-41,48,63H,6-7,12-24,30,32H2,1-5H3,(H,55,57)(H,56,58)/t33-,34-,37-,38-,40-,41-,48-/m0/s1. The smallest absolute Gasteiger partial charge is 0.241 e. The molecule has 2 aliphatic heterocycles. The van der Waals surface area contributed by atoms with E-state index in [1.807, 2.05) is 27.8 Å². The third kappa shape index (κ3) is 10.1. The summed E-state index contributed by atoms with van der Waals surface area (Å²) in [7, 11) is 1.70. The maximum absolute atomic E-state index is 10.3. The monoisotopic (exact) mass is 916 g/mol. The zero-order valence-electron chi connectivity index (χ0n) is 39.9. The van der Waals surface area contributed by atoms with Gasteiger partial charge in [-0.2, -0.15) is 5.10 Å². The van der Waals surface area contributed by atoms with Crippen molar-refractivity contribution in [2.45, 2.75) is 146 Å². The van der Waals surface area contributed by atoms with Gasteiger partial charge in [-0.3, -0.25) is 4.90 Å². The van der Waals surface area contributed by atoms with Gasteiger partial charge < -0.3 is 34.7 Å². The van der Waals surface area contributed by atoms with Gasteiger partial charge in [-0.15, -0.1) is 10.2 Å². The zero-order chi connectivity index (χ0) is 46.1. The predicted molar refractivity (Wildman–Crippen MR) is 258 cm³/mol. The van der Waals surface area contributed by atoms with E-state index in [1.165, 1.54) is 16.8 Å². The fraction of sp³-hybridized carbons (Fsp3) is 0.588. The van der Waals surface area contributed by atoms with E-state index in [0.717, 1.165) is 137 Å². The quantitative estimate of drug-likeness (QED) is 0.0857. The van der Waals surface area contributed by atoms with E-state index in [1.54, 1.807) is 7.11 Å². The highest BCUT2D eigenvalue weighted by Crippen LogP contribution is 2.41. The highest BCUT2D eigenvalue weighted by molar-refractivity contribution is 5.82. The molecule has 6 aromatic rings. The minimum absolute atomic E-state index is 0.0548. The Bertz CT molecular complexity index is 2580. The van der Waals surface area contributed by atoms with Crippen molar-refractivity contribution in [2.24, 2.45) is 0 Å². The summed E-state index contributed by atoms with van der Waals surface area (Å²) in [5, 5.41) is 32.3. The topological polar surface area (TPSA) is 163 Å². The second-order valence-electron chi connectivity index (χ2n) is 20.0. The molecule has 0 unspecified atom stereocenters. The molecule has 67 heavy (non-hydrogen) atoms. The van der Waals surface area contributed by atoms with Gasteiger partial charge in [0.2, 0.25) is 11.9 Å². The van der Waals surface area contributed by atoms with Crippen LogP contribution in [0.2, 0.25) is 0 Å². The molecule has 3 N–H and O–H groups in total. The lowest BCUT2D eigenvalue weighted by atomic mass is 9.85. The number of ether oxygens (including phenoxy) is 4. The normalized spacial score (nSPS) is 24.1. The Labute approximate surface area is 393 Å². The number of aliphatic hydroxyl groups excluding tert-OH is 1. The fourth-order valence-corrected chi connectivity index (χ4v) is 10.9. The van der Waals surface area contributed by atoms with Crippen LogP contribution in [-0.2, 0) is 31.2 Å². The van der Waals surface area contributed by atoms with Gasteiger partial charge in [-0.25, -0.2) is 23.7 Å². The Kier molecular flexibility index (Phi) is 13.6. The summed E-state index contributed by atoms with van der Waals surface area (Å²) in [5.41, 5.74) is 9.26. The van der Waals surface area contributed by atoms with Crippen LogP contribution in [0.25, 0.3) is 33.3 Å². The fourth-order valence-electron chi connectivity index (χ4n) is 10.9. The first-order valence-electron chi connectivity index (χ1n) is 24.8. The van der Waals surface area contributed by atoms with Crippen molar-refractivity contribution >= 4 is 22.9 Å². The minimum Gasteiger partial charge on any atom is -0.393 e. The number of methoxy groups -OCH3 is 1. The Balaban J connectivity index is 0.857. The zero-order valence-corrected chi connectivity index (χ0v) is 39.9. The van der Waals surface area contributed by atoms with E-state index in [4.69, 9.17) is 44.2 Å². The molecule has 358 valence electrons. The molecule has 3 atom stereocenters. The summed E-state index contributed by atoms with van der Waals surface area (Å²) in [6, 6.07) is 13.8. The molecule has 10 rings (SSSR count). The number of anilines is 2. The number of aromatic nitrogens is 8. The van der Waals surface area contributed by atoms with Crippen LogP contribution in [-0.4, -0.2) is 126 Å². The number of fused-ring (bicyclic) bond motifs is 2. The van der Waals surface area contributed by atoms with Crippen molar-refractivity contribution in [2.75, 3.05) is 57.3 Å². The van der Waals surface area contributed by atoms with Crippen molar-refractivity contribution < 1.29 is 24.1 Å². The third-order valence-electron chi connectivity index (χ3n) is 14.6. The lowest BCUT2D eigenvalue weighted by molar-refractivity contribution is -0.140. The second kappa shape index (κ2) is 19.9. The lowest BCUT2D eigenvalue weighted by Gasteiger charge is -2.35. The van der Waals surface area contributed by atoms with E-state index in [9.17, 15) is 5.11 Å². The van der Waals surface area contributed by atoms with Crippen LogP contribution >= 0.6 is 0 Å². The van der Waals surface area contributed by atoms with Crippen molar-refractivity contribution in [3.63, 3.8) is 0 Å². The average molecular weight is 916 g/mol. The predicted octanol–water partition coefficient (Wildman–Crippen LogP) is 8.02. The Hall–Kier alpha value is -4.97. The van der Waals surface area contributed by atoms with Crippen LogP contribution in [0.3, 0.4) is 0 Å². The molecule has 1 aromatic carbocycles. The minimum atomic E-state index is -0.685. The van der Waals surface area contributed by atoms with Gasteiger partial charge in [0.25, 0.3) is 0 Å². The third-order valence-corrected chi connectivity index (χ3v) is 14.6. The van der Waals surface area contributed by atoms with E-state index < -0.39 is 5.72 Å². The van der Waals surface area contributed by atoms with Crippen LogP contribution in [0.15, 0.2) is 61.2 Å². The molecule has 4 aliphatic rings. The van der Waals surface area contributed by atoms with Crippen LogP contribution in [0.4, 0.5) is 11.9 Å². The largest absolute Gasteiger partial charge is 0.393 e. The van der Waals surface area contributed by atoms with E-state index in [2.05, 4.69) is 90.3 Å². The maximum Gasteiger partial charge on any atom is 0.241 e. The molecule has 0 spiro atoms. The van der Waals surface area contributed by atoms with Crippen LogP contribution < -0.4 is 10.6 Å². The summed E-state index contributed by atoms with van der Waals surface area (Å²) in [6.45, 7) is 14.2. The first kappa shape index (κ1) is 45.8. The highest BCUT2D eigenvalue weighted by atomic mass is 16.5. The van der Waals surface area contributed by atoms with Gasteiger partial charge in [0, 0.05) is 85.5 Å². The number of benzene rings is 1. The van der Waals surface area contributed by atoms with Gasteiger partial charge in [0.15, 0.2) is 5.72 Å². The average Bonchev–Trinajstić information content (AvgIpc) is 4.17. The summed E-state index contributed by atoms with van der Waals surface area (Å²) in [5.74, 6) is 1.78. The molecule has 2 aliphatic carbocycles. The molecule has 2 saturated heterocycles. The number of hydrogen-bond acceptors (Lipinski definition) is 13. The van der Waals surface area contributed by atoms with Crippen LogP contribution in [0.5, 0.6) is 0 Å². The SMILES string of the molecule is COC[C@H](C)Nc1ncc2c(-c3cnn(C(C)(C)O[C@H]4CC[C@H](c5cc(-c6ccc(CN7CCOCC7)cc6)c6cnc(N[C@@H](C)[C@@H]7CCCO7)nn65)CC4)c3)cc([C@H]3CC[C@H](O)CC3)n2n1. The molecule has 5 aromatic heterocycles.